The van der Waals surface area contributed by atoms with Crippen molar-refractivity contribution in [1.82, 2.24) is 9.97 Å². The first-order chi connectivity index (χ1) is 14.2. The van der Waals surface area contributed by atoms with Gasteiger partial charge < -0.3 is 29.6 Å². The monoisotopic (exact) mass is 418 g/mol. The Kier molecular flexibility index (Phi) is 6.46. The van der Waals surface area contributed by atoms with Crippen LogP contribution in [0.25, 0.3) is 0 Å². The summed E-state index contributed by atoms with van der Waals surface area (Å²) in [6, 6.07) is 7.36. The maximum atomic E-state index is 6.29. The number of nitrogen functional groups attached to an aromatic ring is 1. The molecule has 0 bridgehead atoms. The Balaban J connectivity index is 1.63. The second kappa shape index (κ2) is 9.41. The zero-order chi connectivity index (χ0) is 20.1. The molecule has 2 aliphatic rings. The van der Waals surface area contributed by atoms with Crippen LogP contribution in [0.1, 0.15) is 12.8 Å². The maximum Gasteiger partial charge on any atom is 0.265 e. The van der Waals surface area contributed by atoms with Crippen molar-refractivity contribution in [1.29, 1.82) is 0 Å². The number of thioether (sulfide) groups is 1. The first-order valence-corrected chi connectivity index (χ1v) is 11.0. The van der Waals surface area contributed by atoms with Gasteiger partial charge >= 0.3 is 0 Å². The van der Waals surface area contributed by atoms with Gasteiger partial charge in [0.25, 0.3) is 5.88 Å². The van der Waals surface area contributed by atoms with Crippen molar-refractivity contribution >= 4 is 23.5 Å². The molecule has 2 N–H and O–H groups in total. The van der Waals surface area contributed by atoms with Crippen molar-refractivity contribution in [3.63, 3.8) is 0 Å². The van der Waals surface area contributed by atoms with Crippen LogP contribution in [0, 0.1) is 0 Å². The Morgan fingerprint density at radius 1 is 1.21 bits per heavy atom. The van der Waals surface area contributed by atoms with Crippen molar-refractivity contribution in [2.24, 2.45) is 0 Å². The van der Waals surface area contributed by atoms with Crippen molar-refractivity contribution in [3.05, 3.63) is 24.3 Å². The second-order valence-electron chi connectivity index (χ2n) is 6.84. The third-order valence-electron chi connectivity index (χ3n) is 4.85. The molecular weight excluding hydrogens is 392 g/mol. The molecule has 1 atom stereocenters. The van der Waals surface area contributed by atoms with Crippen molar-refractivity contribution in [2.45, 2.75) is 18.9 Å². The number of methoxy groups -OCH3 is 1. The third-order valence-corrected chi connectivity index (χ3v) is 5.80. The molecule has 2 fully saturated rings. The van der Waals surface area contributed by atoms with Crippen LogP contribution in [0.5, 0.6) is 23.1 Å². The number of anilines is 2. The fourth-order valence-electron chi connectivity index (χ4n) is 3.29. The van der Waals surface area contributed by atoms with E-state index in [9.17, 15) is 0 Å². The van der Waals surface area contributed by atoms with E-state index < -0.39 is 0 Å². The maximum absolute atomic E-state index is 6.29. The highest BCUT2D eigenvalue weighted by Crippen LogP contribution is 2.39. The highest BCUT2D eigenvalue weighted by molar-refractivity contribution is 7.99. The van der Waals surface area contributed by atoms with E-state index in [1.807, 2.05) is 30.0 Å². The lowest BCUT2D eigenvalue weighted by atomic mass is 10.2. The zero-order valence-corrected chi connectivity index (χ0v) is 17.3. The molecule has 8 nitrogen and oxygen atoms in total. The normalized spacial score (nSPS) is 19.2. The lowest BCUT2D eigenvalue weighted by Crippen LogP contribution is -2.34. The fourth-order valence-corrected chi connectivity index (χ4v) is 4.20. The molecule has 2 aliphatic heterocycles. The molecule has 156 valence electrons. The van der Waals surface area contributed by atoms with Gasteiger partial charge in [-0.2, -0.15) is 21.7 Å². The minimum absolute atomic E-state index is 0.0557. The van der Waals surface area contributed by atoms with E-state index in [0.29, 0.717) is 35.7 Å². The Morgan fingerprint density at radius 3 is 2.72 bits per heavy atom. The summed E-state index contributed by atoms with van der Waals surface area (Å²) in [5.74, 6) is 4.61. The Bertz CT molecular complexity index is 826. The summed E-state index contributed by atoms with van der Waals surface area (Å²) in [6.45, 7) is 2.92. The number of hydrogen-bond donors (Lipinski definition) is 1. The van der Waals surface area contributed by atoms with Crippen LogP contribution in [0.2, 0.25) is 0 Å². The molecule has 1 aromatic heterocycles. The average molecular weight is 419 g/mol. The second-order valence-corrected chi connectivity index (χ2v) is 8.07. The van der Waals surface area contributed by atoms with E-state index in [1.165, 1.54) is 0 Å². The van der Waals surface area contributed by atoms with Gasteiger partial charge in [0, 0.05) is 31.2 Å². The van der Waals surface area contributed by atoms with E-state index in [2.05, 4.69) is 14.9 Å². The number of ether oxygens (including phenoxy) is 4. The highest BCUT2D eigenvalue weighted by atomic mass is 32.2. The lowest BCUT2D eigenvalue weighted by molar-refractivity contribution is 0.0654. The number of aromatic nitrogens is 2. The van der Waals surface area contributed by atoms with Gasteiger partial charge in [0.05, 0.1) is 13.2 Å². The van der Waals surface area contributed by atoms with Crippen LogP contribution < -0.4 is 24.8 Å². The number of para-hydroxylation sites is 2. The molecule has 0 radical (unpaired) electrons. The molecule has 0 saturated carbocycles. The van der Waals surface area contributed by atoms with Crippen molar-refractivity contribution in [3.8, 4) is 23.1 Å². The van der Waals surface area contributed by atoms with Gasteiger partial charge in [-0.1, -0.05) is 12.1 Å². The van der Waals surface area contributed by atoms with Crippen LogP contribution in [0.4, 0.5) is 11.8 Å². The van der Waals surface area contributed by atoms with Crippen LogP contribution >= 0.6 is 11.8 Å². The van der Waals surface area contributed by atoms with Gasteiger partial charge in [-0.05, 0) is 25.0 Å². The molecule has 29 heavy (non-hydrogen) atoms. The number of rotatable bonds is 7. The summed E-state index contributed by atoms with van der Waals surface area (Å²) in [5.41, 5.74) is 6.29. The highest BCUT2D eigenvalue weighted by Gasteiger charge is 2.24. The number of hydrogen-bond acceptors (Lipinski definition) is 9. The summed E-state index contributed by atoms with van der Waals surface area (Å²) in [4.78, 5) is 11.3. The molecule has 0 amide bonds. The molecule has 2 saturated heterocycles. The van der Waals surface area contributed by atoms with Crippen LogP contribution in [-0.2, 0) is 4.74 Å². The summed E-state index contributed by atoms with van der Waals surface area (Å²) in [6.07, 6.45) is 2.07. The first-order valence-electron chi connectivity index (χ1n) is 9.80. The molecule has 0 aliphatic carbocycles. The molecule has 1 unspecified atom stereocenters. The van der Waals surface area contributed by atoms with Gasteiger partial charge in [0.15, 0.2) is 17.3 Å². The molecule has 9 heteroatoms. The molecule has 4 rings (SSSR count). The number of nitrogens with zero attached hydrogens (tertiary/aromatic N) is 3. The summed E-state index contributed by atoms with van der Waals surface area (Å²) in [7, 11) is 1.59. The summed E-state index contributed by atoms with van der Waals surface area (Å²) in [5, 5.41) is 0. The van der Waals surface area contributed by atoms with E-state index in [1.54, 1.807) is 13.2 Å². The van der Waals surface area contributed by atoms with Gasteiger partial charge in [-0.25, -0.2) is 0 Å². The average Bonchev–Trinajstić information content (AvgIpc) is 3.28. The molecule has 0 spiro atoms. The largest absolute Gasteiger partial charge is 0.493 e. The Morgan fingerprint density at radius 2 is 2.00 bits per heavy atom. The minimum atomic E-state index is 0.0557. The lowest BCUT2D eigenvalue weighted by Gasteiger charge is -2.27. The first kappa shape index (κ1) is 19.9. The Labute approximate surface area is 174 Å². The molecular formula is C20H26N4O4S. The predicted molar refractivity (Wildman–Crippen MR) is 114 cm³/mol. The number of benzene rings is 1. The van der Waals surface area contributed by atoms with Crippen LogP contribution in [0.3, 0.4) is 0 Å². The predicted octanol–water partition coefficient (Wildman–Crippen LogP) is 2.97. The number of nitrogens with two attached hydrogens (primary N) is 1. The summed E-state index contributed by atoms with van der Waals surface area (Å²) >= 11 is 1.92. The molecule has 2 aromatic rings. The topological polar surface area (TPSA) is 92.0 Å². The standard InChI is InChI=1S/C20H26N4O4S/c1-25-15-6-2-3-7-16(15)28-17-18(21)22-20(24-8-11-29-12-9-24)23-19(17)27-13-14-5-4-10-26-14/h2-3,6-7,14H,4-5,8-13H2,1H3,(H2,21,22,23). The van der Waals surface area contributed by atoms with Crippen LogP contribution in [0.15, 0.2) is 24.3 Å². The van der Waals surface area contributed by atoms with Gasteiger partial charge in [-0.15, -0.1) is 0 Å². The quantitative estimate of drug-likeness (QED) is 0.728. The van der Waals surface area contributed by atoms with E-state index in [0.717, 1.165) is 44.0 Å². The van der Waals surface area contributed by atoms with Crippen LogP contribution in [-0.4, -0.2) is 61.0 Å². The van der Waals surface area contributed by atoms with E-state index in [4.69, 9.17) is 24.7 Å². The third kappa shape index (κ3) is 4.79. The van der Waals surface area contributed by atoms with Gasteiger partial charge in [0.2, 0.25) is 11.7 Å². The van der Waals surface area contributed by atoms with Crippen molar-refractivity contribution < 1.29 is 18.9 Å². The SMILES string of the molecule is COc1ccccc1Oc1c(N)nc(N2CCSCC2)nc1OCC1CCCO1. The summed E-state index contributed by atoms with van der Waals surface area (Å²) < 4.78 is 23.1. The van der Waals surface area contributed by atoms with E-state index >= 15 is 0 Å². The zero-order valence-electron chi connectivity index (χ0n) is 16.5. The van der Waals surface area contributed by atoms with E-state index in [-0.39, 0.29) is 11.9 Å². The fraction of sp³-hybridized carbons (Fsp3) is 0.500. The molecule has 1 aromatic carbocycles. The van der Waals surface area contributed by atoms with Gasteiger partial charge in [-0.3, -0.25) is 0 Å². The smallest absolute Gasteiger partial charge is 0.265 e. The molecule has 3 heterocycles. The Hall–Kier alpha value is -2.39. The minimum Gasteiger partial charge on any atom is -0.493 e. The van der Waals surface area contributed by atoms with Crippen molar-refractivity contribution in [2.75, 3.05) is 55.6 Å². The van der Waals surface area contributed by atoms with Gasteiger partial charge in [0.1, 0.15) is 6.61 Å².